The molecule has 0 heterocycles. The molecule has 0 aromatic rings. The van der Waals surface area contributed by atoms with Crippen molar-refractivity contribution in [1.82, 2.24) is 0 Å². The van der Waals surface area contributed by atoms with Gasteiger partial charge < -0.3 is 9.47 Å². The fraction of sp³-hybridized carbons (Fsp3) is 0.931. The molecule has 4 saturated carbocycles. The SMILES string of the molecule is CC(CCC(=O)OCC(=O)OCCC(F)(F)S(=O)(=O)O)C1CCC2C3CCC4CCCCC4(C)C3CCC12C. The maximum absolute atomic E-state index is 13.2. The van der Waals surface area contributed by atoms with Crippen LogP contribution in [0.2, 0.25) is 0 Å². The summed E-state index contributed by atoms with van der Waals surface area (Å²) in [5, 5.41) is -4.41. The van der Waals surface area contributed by atoms with Gasteiger partial charge in [-0.15, -0.1) is 0 Å². The quantitative estimate of drug-likeness (QED) is 0.237. The topological polar surface area (TPSA) is 107 Å². The van der Waals surface area contributed by atoms with E-state index in [1.807, 2.05) is 0 Å². The standard InChI is InChI=1S/C29H46F2O7S/c1-19(7-12-25(32)38-18-26(33)37-17-16-29(30,31)39(34,35)36)22-10-11-23-21-9-8-20-6-4-5-14-27(20,2)24(21)13-15-28(22,23)3/h19-24H,4-18H2,1-3H3,(H,34,35,36). The summed E-state index contributed by atoms with van der Waals surface area (Å²) in [6.45, 7) is 5.67. The molecular weight excluding hydrogens is 530 g/mol. The van der Waals surface area contributed by atoms with Crippen molar-refractivity contribution in [2.24, 2.45) is 46.3 Å². The molecule has 8 unspecified atom stereocenters. The highest BCUT2D eigenvalue weighted by Gasteiger charge is 2.60. The van der Waals surface area contributed by atoms with E-state index in [1.54, 1.807) is 0 Å². The summed E-state index contributed by atoms with van der Waals surface area (Å²) in [5.41, 5.74) is 0.824. The minimum atomic E-state index is -5.58. The Balaban J connectivity index is 1.22. The third-order valence-electron chi connectivity index (χ3n) is 11.5. The summed E-state index contributed by atoms with van der Waals surface area (Å²) >= 11 is 0. The van der Waals surface area contributed by atoms with Gasteiger partial charge in [0.05, 0.1) is 13.0 Å². The molecule has 0 radical (unpaired) electrons. The zero-order valence-corrected chi connectivity index (χ0v) is 24.4. The van der Waals surface area contributed by atoms with Crippen molar-refractivity contribution in [3.8, 4) is 0 Å². The molecule has 0 spiro atoms. The van der Waals surface area contributed by atoms with Gasteiger partial charge in [-0.3, -0.25) is 9.35 Å². The van der Waals surface area contributed by atoms with Crippen LogP contribution in [-0.2, 0) is 29.2 Å². The number of rotatable bonds is 10. The number of esters is 2. The molecule has 4 aliphatic rings. The van der Waals surface area contributed by atoms with E-state index in [-0.39, 0.29) is 6.42 Å². The molecule has 39 heavy (non-hydrogen) atoms. The van der Waals surface area contributed by atoms with Gasteiger partial charge >= 0.3 is 27.3 Å². The summed E-state index contributed by atoms with van der Waals surface area (Å²) in [7, 11) is -5.58. The molecule has 0 aromatic heterocycles. The lowest BCUT2D eigenvalue weighted by atomic mass is 9.44. The van der Waals surface area contributed by atoms with Crippen molar-refractivity contribution in [3.05, 3.63) is 0 Å². The van der Waals surface area contributed by atoms with E-state index in [1.165, 1.54) is 64.2 Å². The normalized spacial score (nSPS) is 37.2. The number of carbonyl (C=O) groups is 2. The van der Waals surface area contributed by atoms with Crippen LogP contribution in [0, 0.1) is 46.3 Å². The molecule has 4 fully saturated rings. The second-order valence-corrected chi connectivity index (χ2v) is 14.9. The third kappa shape index (κ3) is 6.16. The van der Waals surface area contributed by atoms with Crippen molar-refractivity contribution in [3.63, 3.8) is 0 Å². The summed E-state index contributed by atoms with van der Waals surface area (Å²) < 4.78 is 65.5. The number of alkyl halides is 2. The van der Waals surface area contributed by atoms with Gasteiger partial charge in [-0.05, 0) is 104 Å². The van der Waals surface area contributed by atoms with Crippen LogP contribution < -0.4 is 0 Å². The van der Waals surface area contributed by atoms with Crippen LogP contribution in [0.5, 0.6) is 0 Å². The molecule has 0 amide bonds. The first-order chi connectivity index (χ1) is 18.2. The van der Waals surface area contributed by atoms with Crippen LogP contribution in [0.25, 0.3) is 0 Å². The lowest BCUT2D eigenvalue weighted by Crippen LogP contribution is -2.53. The maximum Gasteiger partial charge on any atom is 0.373 e. The first kappa shape index (κ1) is 30.7. The molecule has 4 aliphatic carbocycles. The summed E-state index contributed by atoms with van der Waals surface area (Å²) in [6, 6.07) is 0. The third-order valence-corrected chi connectivity index (χ3v) is 12.5. The average Bonchev–Trinajstić information content (AvgIpc) is 3.22. The van der Waals surface area contributed by atoms with Crippen molar-refractivity contribution in [2.45, 2.75) is 109 Å². The van der Waals surface area contributed by atoms with E-state index in [0.717, 1.165) is 23.7 Å². The van der Waals surface area contributed by atoms with Crippen LogP contribution in [0.3, 0.4) is 0 Å². The van der Waals surface area contributed by atoms with Gasteiger partial charge in [0, 0.05) is 6.42 Å². The predicted octanol–water partition coefficient (Wildman–Crippen LogP) is 6.41. The van der Waals surface area contributed by atoms with Gasteiger partial charge in [0.1, 0.15) is 0 Å². The maximum atomic E-state index is 13.2. The van der Waals surface area contributed by atoms with Crippen LogP contribution in [0.1, 0.15) is 104 Å². The van der Waals surface area contributed by atoms with Gasteiger partial charge in [0.2, 0.25) is 0 Å². The van der Waals surface area contributed by atoms with Gasteiger partial charge in [-0.2, -0.15) is 17.2 Å². The Bertz CT molecular complexity index is 1020. The monoisotopic (exact) mass is 576 g/mol. The number of halogens is 2. The average molecular weight is 577 g/mol. The van der Waals surface area contributed by atoms with E-state index in [4.69, 9.17) is 9.29 Å². The number of hydrogen-bond donors (Lipinski definition) is 1. The van der Waals surface area contributed by atoms with Gasteiger partial charge in [0.15, 0.2) is 6.61 Å². The Morgan fingerprint density at radius 3 is 2.38 bits per heavy atom. The second-order valence-electron chi connectivity index (χ2n) is 13.4. The van der Waals surface area contributed by atoms with E-state index in [0.29, 0.717) is 29.1 Å². The molecule has 0 saturated heterocycles. The van der Waals surface area contributed by atoms with Crippen molar-refractivity contribution in [1.29, 1.82) is 0 Å². The lowest BCUT2D eigenvalue weighted by Gasteiger charge is -2.61. The van der Waals surface area contributed by atoms with E-state index in [9.17, 15) is 26.8 Å². The zero-order valence-electron chi connectivity index (χ0n) is 23.6. The fourth-order valence-corrected chi connectivity index (χ4v) is 9.82. The Morgan fingerprint density at radius 1 is 0.949 bits per heavy atom. The highest BCUT2D eigenvalue weighted by atomic mass is 32.2. The molecule has 10 heteroatoms. The van der Waals surface area contributed by atoms with Crippen molar-refractivity contribution < 1.29 is 40.8 Å². The highest BCUT2D eigenvalue weighted by Crippen LogP contribution is 2.68. The number of fused-ring (bicyclic) bond motifs is 5. The van der Waals surface area contributed by atoms with E-state index < -0.39 is 46.9 Å². The summed E-state index contributed by atoms with van der Waals surface area (Å²) in [5.74, 6) is 2.67. The molecule has 8 atom stereocenters. The Hall–Kier alpha value is -1.29. The number of carbonyl (C=O) groups excluding carboxylic acids is 2. The summed E-state index contributed by atoms with van der Waals surface area (Å²) in [6.07, 6.45) is 12.9. The van der Waals surface area contributed by atoms with Crippen LogP contribution in [0.4, 0.5) is 8.78 Å². The molecule has 0 aliphatic heterocycles. The lowest BCUT2D eigenvalue weighted by molar-refractivity contribution is -0.159. The molecular formula is C29H46F2O7S. The largest absolute Gasteiger partial charge is 0.463 e. The van der Waals surface area contributed by atoms with Crippen LogP contribution >= 0.6 is 0 Å². The van der Waals surface area contributed by atoms with Crippen molar-refractivity contribution >= 4 is 22.1 Å². The molecule has 224 valence electrons. The minimum Gasteiger partial charge on any atom is -0.463 e. The first-order valence-electron chi connectivity index (χ1n) is 14.8. The molecule has 4 rings (SSSR count). The molecule has 7 nitrogen and oxygen atoms in total. The predicted molar refractivity (Wildman–Crippen MR) is 141 cm³/mol. The van der Waals surface area contributed by atoms with Crippen LogP contribution in [-0.4, -0.2) is 43.4 Å². The summed E-state index contributed by atoms with van der Waals surface area (Å²) in [4.78, 5) is 24.0. The fourth-order valence-electron chi connectivity index (χ4n) is 9.48. The van der Waals surface area contributed by atoms with E-state index >= 15 is 0 Å². The molecule has 0 aromatic carbocycles. The minimum absolute atomic E-state index is 0.165. The Labute approximate surface area is 231 Å². The smallest absolute Gasteiger partial charge is 0.373 e. The van der Waals surface area contributed by atoms with Gasteiger partial charge in [0.25, 0.3) is 0 Å². The number of hydrogen-bond acceptors (Lipinski definition) is 6. The Kier molecular flexibility index (Phi) is 9.07. The van der Waals surface area contributed by atoms with Gasteiger partial charge in [-0.25, -0.2) is 4.79 Å². The first-order valence-corrected chi connectivity index (χ1v) is 16.3. The number of ether oxygens (including phenoxy) is 2. The van der Waals surface area contributed by atoms with Gasteiger partial charge in [-0.1, -0.05) is 33.6 Å². The second kappa shape index (κ2) is 11.5. The molecule has 1 N–H and O–H groups in total. The Morgan fingerprint density at radius 2 is 1.67 bits per heavy atom. The molecule has 0 bridgehead atoms. The van der Waals surface area contributed by atoms with E-state index in [2.05, 4.69) is 25.5 Å². The highest BCUT2D eigenvalue weighted by molar-refractivity contribution is 7.86. The van der Waals surface area contributed by atoms with Crippen LogP contribution in [0.15, 0.2) is 0 Å². The van der Waals surface area contributed by atoms with Crippen molar-refractivity contribution in [2.75, 3.05) is 13.2 Å². The zero-order chi connectivity index (χ0) is 28.6.